The van der Waals surface area contributed by atoms with Crippen LogP contribution in [0.3, 0.4) is 0 Å². The molecule has 0 aliphatic carbocycles. The number of hydrogen-bond donors (Lipinski definition) is 2. The predicted octanol–water partition coefficient (Wildman–Crippen LogP) is 2.20. The van der Waals surface area contributed by atoms with Crippen molar-refractivity contribution in [1.29, 1.82) is 0 Å². The van der Waals surface area contributed by atoms with Crippen molar-refractivity contribution in [2.75, 3.05) is 0 Å². The van der Waals surface area contributed by atoms with Crippen LogP contribution in [0.15, 0.2) is 18.5 Å². The molecule has 15 heavy (non-hydrogen) atoms. The second-order valence-corrected chi connectivity index (χ2v) is 2.93. The van der Waals surface area contributed by atoms with E-state index in [-0.39, 0.29) is 5.52 Å². The largest absolute Gasteiger partial charge is 0.478 e. The van der Waals surface area contributed by atoms with E-state index in [2.05, 4.69) is 9.97 Å². The van der Waals surface area contributed by atoms with E-state index in [1.165, 1.54) is 12.4 Å². The lowest BCUT2D eigenvalue weighted by atomic mass is 10.1. The van der Waals surface area contributed by atoms with Crippen LogP contribution in [0, 0.1) is 0 Å². The van der Waals surface area contributed by atoms with E-state index < -0.39 is 23.5 Å². The minimum Gasteiger partial charge on any atom is -0.478 e. The van der Waals surface area contributed by atoms with E-state index in [1.807, 2.05) is 0 Å². The van der Waals surface area contributed by atoms with Crippen molar-refractivity contribution < 1.29 is 18.7 Å². The summed E-state index contributed by atoms with van der Waals surface area (Å²) in [6.07, 6.45) is -1.61. The van der Waals surface area contributed by atoms with Gasteiger partial charge in [0.25, 0.3) is 6.43 Å². The van der Waals surface area contributed by atoms with Crippen LogP contribution in [-0.4, -0.2) is 21.0 Å². The Morgan fingerprint density at radius 2 is 2.20 bits per heavy atom. The Morgan fingerprint density at radius 3 is 2.80 bits per heavy atom. The number of fused-ring (bicyclic) bond motifs is 1. The molecule has 1 aromatic heterocycles. The summed E-state index contributed by atoms with van der Waals surface area (Å²) in [7, 11) is 0. The molecule has 0 atom stereocenters. The number of aromatic nitrogens is 2. The molecule has 0 fully saturated rings. The predicted molar refractivity (Wildman–Crippen MR) is 48.0 cm³/mol. The third-order valence-corrected chi connectivity index (χ3v) is 2.08. The molecule has 2 rings (SSSR count). The van der Waals surface area contributed by atoms with E-state index >= 15 is 0 Å². The number of nitrogens with one attached hydrogen (secondary N) is 1. The lowest BCUT2D eigenvalue weighted by Crippen LogP contribution is -2.03. The molecular formula is C9H6F2N2O2. The van der Waals surface area contributed by atoms with Crippen molar-refractivity contribution in [3.8, 4) is 0 Å². The Morgan fingerprint density at radius 1 is 1.47 bits per heavy atom. The molecule has 0 spiro atoms. The van der Waals surface area contributed by atoms with Gasteiger partial charge in [0.15, 0.2) is 0 Å². The monoisotopic (exact) mass is 212 g/mol. The summed E-state index contributed by atoms with van der Waals surface area (Å²) in [5.41, 5.74) is -0.550. The number of benzene rings is 1. The fourth-order valence-electron chi connectivity index (χ4n) is 1.44. The molecule has 0 aliphatic rings. The number of carboxylic acids is 1. The van der Waals surface area contributed by atoms with E-state index in [9.17, 15) is 13.6 Å². The first kappa shape index (κ1) is 9.57. The standard InChI is InChI=1S/C9H6F2N2O2/c10-8(11)6-4(9(14)15)1-2-5-7(6)13-3-12-5/h1-3,8H,(H,12,13)(H,14,15). The Hall–Kier alpha value is -1.98. The molecule has 0 saturated heterocycles. The fourth-order valence-corrected chi connectivity index (χ4v) is 1.44. The molecule has 0 radical (unpaired) electrons. The summed E-state index contributed by atoms with van der Waals surface area (Å²) in [4.78, 5) is 17.0. The Kier molecular flexibility index (Phi) is 2.11. The van der Waals surface area contributed by atoms with Gasteiger partial charge in [-0.3, -0.25) is 0 Å². The molecule has 4 nitrogen and oxygen atoms in total. The maximum Gasteiger partial charge on any atom is 0.336 e. The maximum atomic E-state index is 12.7. The van der Waals surface area contributed by atoms with Crippen LogP contribution in [0.5, 0.6) is 0 Å². The second-order valence-electron chi connectivity index (χ2n) is 2.93. The SMILES string of the molecule is O=C(O)c1ccc2[nH]cnc2c1C(F)F. The van der Waals surface area contributed by atoms with E-state index in [4.69, 9.17) is 5.11 Å². The maximum absolute atomic E-state index is 12.7. The van der Waals surface area contributed by atoms with Gasteiger partial charge in [-0.05, 0) is 12.1 Å². The third-order valence-electron chi connectivity index (χ3n) is 2.08. The molecule has 1 aromatic carbocycles. The minimum absolute atomic E-state index is 0.00454. The topological polar surface area (TPSA) is 66.0 Å². The van der Waals surface area contributed by atoms with Crippen molar-refractivity contribution in [2.45, 2.75) is 6.43 Å². The molecule has 2 aromatic rings. The number of H-pyrrole nitrogens is 1. The van der Waals surface area contributed by atoms with Gasteiger partial charge in [0.2, 0.25) is 0 Å². The molecule has 1 heterocycles. The van der Waals surface area contributed by atoms with Gasteiger partial charge in [0, 0.05) is 0 Å². The first-order chi connectivity index (χ1) is 7.11. The second kappa shape index (κ2) is 3.30. The fraction of sp³-hybridized carbons (Fsp3) is 0.111. The van der Waals surface area contributed by atoms with E-state index in [0.29, 0.717) is 5.52 Å². The Balaban J connectivity index is 2.81. The van der Waals surface area contributed by atoms with Crippen LogP contribution in [-0.2, 0) is 0 Å². The first-order valence-corrected chi connectivity index (χ1v) is 4.08. The number of imidazole rings is 1. The summed E-state index contributed by atoms with van der Waals surface area (Å²) in [5.74, 6) is -1.38. The van der Waals surface area contributed by atoms with Gasteiger partial charge in [0.1, 0.15) is 0 Å². The van der Waals surface area contributed by atoms with Gasteiger partial charge in [0.05, 0.1) is 28.5 Å². The number of aromatic carboxylic acids is 1. The van der Waals surface area contributed by atoms with Crippen molar-refractivity contribution >= 4 is 17.0 Å². The van der Waals surface area contributed by atoms with Gasteiger partial charge in [-0.1, -0.05) is 0 Å². The lowest BCUT2D eigenvalue weighted by molar-refractivity contribution is 0.0685. The van der Waals surface area contributed by atoms with E-state index in [0.717, 1.165) is 6.07 Å². The normalized spacial score (nSPS) is 11.1. The number of rotatable bonds is 2. The zero-order valence-electron chi connectivity index (χ0n) is 7.37. The van der Waals surface area contributed by atoms with Gasteiger partial charge >= 0.3 is 5.97 Å². The molecule has 0 saturated carbocycles. The zero-order valence-corrected chi connectivity index (χ0v) is 7.37. The molecule has 2 N–H and O–H groups in total. The summed E-state index contributed by atoms with van der Waals surface area (Å²) < 4.78 is 25.4. The van der Waals surface area contributed by atoms with Gasteiger partial charge in [-0.2, -0.15) is 0 Å². The molecule has 0 bridgehead atoms. The molecular weight excluding hydrogens is 206 g/mol. The molecule has 78 valence electrons. The van der Waals surface area contributed by atoms with Crippen molar-refractivity contribution in [1.82, 2.24) is 9.97 Å². The van der Waals surface area contributed by atoms with Crippen molar-refractivity contribution in [3.63, 3.8) is 0 Å². The highest BCUT2D eigenvalue weighted by molar-refractivity contribution is 5.95. The van der Waals surface area contributed by atoms with Crippen LogP contribution in [0.1, 0.15) is 22.3 Å². The van der Waals surface area contributed by atoms with E-state index in [1.54, 1.807) is 0 Å². The average Bonchev–Trinajstić information content (AvgIpc) is 2.62. The summed E-state index contributed by atoms with van der Waals surface area (Å²) in [6, 6.07) is 2.56. The number of carbonyl (C=O) groups is 1. The van der Waals surface area contributed by atoms with Crippen LogP contribution in [0.4, 0.5) is 8.78 Å². The van der Waals surface area contributed by atoms with Gasteiger partial charge < -0.3 is 10.1 Å². The van der Waals surface area contributed by atoms with Crippen LogP contribution < -0.4 is 0 Å². The highest BCUT2D eigenvalue weighted by Crippen LogP contribution is 2.29. The first-order valence-electron chi connectivity index (χ1n) is 4.08. The summed E-state index contributed by atoms with van der Waals surface area (Å²) in [6.45, 7) is 0. The third kappa shape index (κ3) is 1.43. The number of hydrogen-bond acceptors (Lipinski definition) is 2. The number of carboxylic acid groups (broad SMARTS) is 1. The summed E-state index contributed by atoms with van der Waals surface area (Å²) >= 11 is 0. The van der Waals surface area contributed by atoms with Crippen LogP contribution in [0.2, 0.25) is 0 Å². The van der Waals surface area contributed by atoms with Gasteiger partial charge in [-0.25, -0.2) is 18.6 Å². The van der Waals surface area contributed by atoms with Crippen molar-refractivity contribution in [2.24, 2.45) is 0 Å². The number of alkyl halides is 2. The molecule has 0 aliphatic heterocycles. The Bertz CT molecular complexity index is 522. The average molecular weight is 212 g/mol. The minimum atomic E-state index is -2.86. The highest BCUT2D eigenvalue weighted by Gasteiger charge is 2.22. The van der Waals surface area contributed by atoms with Gasteiger partial charge in [-0.15, -0.1) is 0 Å². The highest BCUT2D eigenvalue weighted by atomic mass is 19.3. The molecule has 0 unspecified atom stereocenters. The lowest BCUT2D eigenvalue weighted by Gasteiger charge is -2.05. The van der Waals surface area contributed by atoms with Crippen molar-refractivity contribution in [3.05, 3.63) is 29.6 Å². The number of nitrogens with zero attached hydrogens (tertiary/aromatic N) is 1. The molecule has 6 heteroatoms. The zero-order chi connectivity index (χ0) is 11.0. The van der Waals surface area contributed by atoms with Crippen LogP contribution >= 0.6 is 0 Å². The van der Waals surface area contributed by atoms with Crippen LogP contribution in [0.25, 0.3) is 11.0 Å². The molecule has 0 amide bonds. The Labute approximate surface area is 82.6 Å². The number of halogens is 2. The quantitative estimate of drug-likeness (QED) is 0.801. The number of aromatic amines is 1. The smallest absolute Gasteiger partial charge is 0.336 e. The summed E-state index contributed by atoms with van der Waals surface area (Å²) in [5, 5.41) is 8.74.